The van der Waals surface area contributed by atoms with Gasteiger partial charge in [0.1, 0.15) is 11.4 Å². The number of thiophene rings is 1. The first-order valence-electron chi connectivity index (χ1n) is 6.57. The van der Waals surface area contributed by atoms with Gasteiger partial charge in [-0.25, -0.2) is 4.98 Å². The number of alkyl halides is 3. The minimum atomic E-state index is -4.52. The lowest BCUT2D eigenvalue weighted by Crippen LogP contribution is -2.39. The summed E-state index contributed by atoms with van der Waals surface area (Å²) in [5.74, 6) is -0.787. The number of aromatic nitrogens is 2. The first-order chi connectivity index (χ1) is 10.7. The number of halogens is 3. The average molecular weight is 345 g/mol. The largest absolute Gasteiger partial charge is 0.406 e. The van der Waals surface area contributed by atoms with E-state index in [0.29, 0.717) is 15.3 Å². The number of nitrogens with zero attached hydrogens (tertiary/aromatic N) is 3. The van der Waals surface area contributed by atoms with E-state index in [2.05, 4.69) is 11.6 Å². The number of carbonyl (C=O) groups is 1. The molecule has 1 amide bonds. The third kappa shape index (κ3) is 3.44. The molecule has 124 valence electrons. The summed E-state index contributed by atoms with van der Waals surface area (Å²) in [6, 6.07) is 0. The second-order valence-electron chi connectivity index (χ2n) is 4.99. The van der Waals surface area contributed by atoms with E-state index in [0.717, 1.165) is 11.3 Å². The summed E-state index contributed by atoms with van der Waals surface area (Å²) in [5, 5.41) is 0.258. The first-order valence-corrected chi connectivity index (χ1v) is 7.39. The predicted molar refractivity (Wildman–Crippen MR) is 81.8 cm³/mol. The van der Waals surface area contributed by atoms with Crippen molar-refractivity contribution in [2.45, 2.75) is 13.1 Å². The van der Waals surface area contributed by atoms with Crippen LogP contribution in [-0.2, 0) is 7.05 Å². The van der Waals surface area contributed by atoms with Gasteiger partial charge in [0.05, 0.1) is 16.6 Å². The lowest BCUT2D eigenvalue weighted by molar-refractivity contribution is -0.139. The zero-order valence-corrected chi connectivity index (χ0v) is 13.3. The van der Waals surface area contributed by atoms with Gasteiger partial charge >= 0.3 is 6.18 Å². The van der Waals surface area contributed by atoms with Crippen molar-refractivity contribution in [1.82, 2.24) is 14.5 Å². The Bertz CT molecular complexity index is 823. The van der Waals surface area contributed by atoms with Crippen molar-refractivity contribution in [3.8, 4) is 0 Å². The third-order valence-corrected chi connectivity index (χ3v) is 4.40. The normalized spacial score (nSPS) is 11.7. The summed E-state index contributed by atoms with van der Waals surface area (Å²) in [4.78, 5) is 29.7. The Balaban J connectivity index is 2.51. The van der Waals surface area contributed by atoms with Gasteiger partial charge in [0.2, 0.25) is 0 Å². The molecule has 23 heavy (non-hydrogen) atoms. The van der Waals surface area contributed by atoms with Crippen LogP contribution in [0.5, 0.6) is 0 Å². The topological polar surface area (TPSA) is 55.2 Å². The fourth-order valence-corrected chi connectivity index (χ4v) is 3.26. The van der Waals surface area contributed by atoms with Gasteiger partial charge in [0, 0.05) is 13.6 Å². The monoisotopic (exact) mass is 345 g/mol. The smallest absolute Gasteiger partial charge is 0.325 e. The van der Waals surface area contributed by atoms with Crippen molar-refractivity contribution in [1.29, 1.82) is 0 Å². The fourth-order valence-electron chi connectivity index (χ4n) is 2.15. The second-order valence-corrected chi connectivity index (χ2v) is 5.99. The van der Waals surface area contributed by atoms with Gasteiger partial charge in [0.15, 0.2) is 0 Å². The molecule has 5 nitrogen and oxygen atoms in total. The SMILES string of the molecule is C=CCN(CC(F)(F)F)C(=O)c1sc2ncn(C)c(=O)c2c1C. The van der Waals surface area contributed by atoms with Crippen LogP contribution in [0, 0.1) is 6.92 Å². The van der Waals surface area contributed by atoms with Crippen LogP contribution < -0.4 is 5.56 Å². The molecule has 2 aromatic rings. The Morgan fingerprint density at radius 2 is 2.17 bits per heavy atom. The summed E-state index contributed by atoms with van der Waals surface area (Å²) < 4.78 is 39.2. The van der Waals surface area contributed by atoms with Gasteiger partial charge in [-0.15, -0.1) is 17.9 Å². The van der Waals surface area contributed by atoms with Crippen molar-refractivity contribution in [3.63, 3.8) is 0 Å². The van der Waals surface area contributed by atoms with Gasteiger partial charge < -0.3 is 9.47 Å². The number of hydrogen-bond donors (Lipinski definition) is 0. The van der Waals surface area contributed by atoms with E-state index in [9.17, 15) is 22.8 Å². The molecule has 0 atom stereocenters. The van der Waals surface area contributed by atoms with Crippen LogP contribution >= 0.6 is 11.3 Å². The number of amides is 1. The standard InChI is InChI=1S/C14H14F3N3O2S/c1-4-5-20(6-14(15,16)17)13(22)10-8(2)9-11(23-10)18-7-19(3)12(9)21/h4,7H,1,5-6H2,2-3H3. The second kappa shape index (κ2) is 6.15. The fraction of sp³-hybridized carbons (Fsp3) is 0.357. The van der Waals surface area contributed by atoms with E-state index in [-0.39, 0.29) is 22.4 Å². The molecule has 0 aliphatic rings. The molecular formula is C14H14F3N3O2S. The molecule has 2 aromatic heterocycles. The molecule has 0 unspecified atom stereocenters. The summed E-state index contributed by atoms with van der Waals surface area (Å²) >= 11 is 0.918. The quantitative estimate of drug-likeness (QED) is 0.800. The highest BCUT2D eigenvalue weighted by atomic mass is 32.1. The Morgan fingerprint density at radius 3 is 2.74 bits per heavy atom. The zero-order chi connectivity index (χ0) is 17.4. The van der Waals surface area contributed by atoms with E-state index in [1.165, 1.54) is 30.9 Å². The number of fused-ring (bicyclic) bond motifs is 1. The summed E-state index contributed by atoms with van der Waals surface area (Å²) in [7, 11) is 1.51. The first kappa shape index (κ1) is 17.2. The van der Waals surface area contributed by atoms with Gasteiger partial charge in [-0.3, -0.25) is 9.59 Å². The average Bonchev–Trinajstić information content (AvgIpc) is 2.78. The van der Waals surface area contributed by atoms with Crippen LogP contribution in [-0.4, -0.2) is 39.6 Å². The molecule has 2 heterocycles. The molecule has 0 aliphatic carbocycles. The molecule has 9 heteroatoms. The lowest BCUT2D eigenvalue weighted by Gasteiger charge is -2.22. The van der Waals surface area contributed by atoms with Gasteiger partial charge in [-0.1, -0.05) is 6.08 Å². The van der Waals surface area contributed by atoms with Crippen LogP contribution in [0.15, 0.2) is 23.8 Å². The maximum atomic E-state index is 12.6. The van der Waals surface area contributed by atoms with Crippen LogP contribution in [0.1, 0.15) is 15.2 Å². The minimum absolute atomic E-state index is 0.0851. The number of aryl methyl sites for hydroxylation is 2. The molecule has 0 spiro atoms. The van der Waals surface area contributed by atoms with Gasteiger partial charge in [0.25, 0.3) is 11.5 Å². The van der Waals surface area contributed by atoms with E-state index in [1.807, 2.05) is 0 Å². The van der Waals surface area contributed by atoms with E-state index in [4.69, 9.17) is 0 Å². The summed E-state index contributed by atoms with van der Waals surface area (Å²) in [6.07, 6.45) is -1.98. The molecule has 2 rings (SSSR count). The molecule has 0 aliphatic heterocycles. The number of hydrogen-bond acceptors (Lipinski definition) is 4. The molecule has 0 bridgehead atoms. The van der Waals surface area contributed by atoms with E-state index < -0.39 is 18.6 Å². The molecular weight excluding hydrogens is 331 g/mol. The van der Waals surface area contributed by atoms with Crippen molar-refractivity contribution in [3.05, 3.63) is 39.8 Å². The maximum Gasteiger partial charge on any atom is 0.406 e. The molecule has 0 aromatic carbocycles. The molecule has 0 saturated carbocycles. The van der Waals surface area contributed by atoms with Crippen molar-refractivity contribution in [2.24, 2.45) is 7.05 Å². The van der Waals surface area contributed by atoms with Crippen molar-refractivity contribution in [2.75, 3.05) is 13.1 Å². The summed E-state index contributed by atoms with van der Waals surface area (Å²) in [6.45, 7) is 3.29. The third-order valence-electron chi connectivity index (χ3n) is 3.21. The van der Waals surface area contributed by atoms with E-state index in [1.54, 1.807) is 0 Å². The van der Waals surface area contributed by atoms with Gasteiger partial charge in [-0.05, 0) is 12.5 Å². The van der Waals surface area contributed by atoms with Gasteiger partial charge in [-0.2, -0.15) is 13.2 Å². The number of rotatable bonds is 4. The molecule has 0 saturated heterocycles. The Kier molecular flexibility index (Phi) is 4.60. The minimum Gasteiger partial charge on any atom is -0.325 e. The van der Waals surface area contributed by atoms with Crippen LogP contribution in [0.3, 0.4) is 0 Å². The maximum absolute atomic E-state index is 12.6. The highest BCUT2D eigenvalue weighted by Crippen LogP contribution is 2.29. The molecule has 0 N–H and O–H groups in total. The Labute approximate surface area is 133 Å². The zero-order valence-electron chi connectivity index (χ0n) is 12.5. The summed E-state index contributed by atoms with van der Waals surface area (Å²) in [5.41, 5.74) is 0.00817. The van der Waals surface area contributed by atoms with Crippen LogP contribution in [0.2, 0.25) is 0 Å². The van der Waals surface area contributed by atoms with Crippen molar-refractivity contribution >= 4 is 27.5 Å². The Hall–Kier alpha value is -2.16. The van der Waals surface area contributed by atoms with Crippen LogP contribution in [0.4, 0.5) is 13.2 Å². The highest BCUT2D eigenvalue weighted by molar-refractivity contribution is 7.20. The van der Waals surface area contributed by atoms with Crippen molar-refractivity contribution < 1.29 is 18.0 Å². The molecule has 0 fully saturated rings. The van der Waals surface area contributed by atoms with Crippen LogP contribution in [0.25, 0.3) is 10.2 Å². The Morgan fingerprint density at radius 1 is 1.52 bits per heavy atom. The highest BCUT2D eigenvalue weighted by Gasteiger charge is 2.34. The van der Waals surface area contributed by atoms with E-state index >= 15 is 0 Å². The lowest BCUT2D eigenvalue weighted by atomic mass is 10.2. The number of carbonyl (C=O) groups excluding carboxylic acids is 1. The molecule has 0 radical (unpaired) electrons. The predicted octanol–water partition coefficient (Wildman–Crippen LogP) is 2.49.